The van der Waals surface area contributed by atoms with Crippen LogP contribution >= 0.6 is 23.2 Å². The molecule has 1 atom stereocenters. The molecule has 1 aromatic rings. The van der Waals surface area contributed by atoms with Crippen LogP contribution in [0.4, 0.5) is 11.4 Å². The molecule has 6 heteroatoms. The average Bonchev–Trinajstić information content (AvgIpc) is 2.34. The van der Waals surface area contributed by atoms with Gasteiger partial charge in [0, 0.05) is 18.2 Å². The molecule has 106 valence electrons. The first kappa shape index (κ1) is 16.1. The van der Waals surface area contributed by atoms with Crippen LogP contribution in [0.3, 0.4) is 0 Å². The van der Waals surface area contributed by atoms with Crippen molar-refractivity contribution in [2.75, 3.05) is 5.32 Å². The van der Waals surface area contributed by atoms with Gasteiger partial charge >= 0.3 is 0 Å². The van der Waals surface area contributed by atoms with Crippen LogP contribution in [0.5, 0.6) is 0 Å². The zero-order valence-electron chi connectivity index (χ0n) is 11.2. The second-order valence-electron chi connectivity index (χ2n) is 4.55. The quantitative estimate of drug-likeness (QED) is 0.585. The summed E-state index contributed by atoms with van der Waals surface area (Å²) in [5.41, 5.74) is 0.462. The van der Waals surface area contributed by atoms with Crippen LogP contribution in [-0.4, -0.2) is 11.0 Å². The van der Waals surface area contributed by atoms with Crippen molar-refractivity contribution in [1.29, 1.82) is 0 Å². The predicted molar refractivity (Wildman–Crippen MR) is 80.3 cm³/mol. The molecule has 0 bridgehead atoms. The lowest BCUT2D eigenvalue weighted by Gasteiger charge is -2.24. The highest BCUT2D eigenvalue weighted by molar-refractivity contribution is 6.39. The highest BCUT2D eigenvalue weighted by atomic mass is 35.5. The summed E-state index contributed by atoms with van der Waals surface area (Å²) < 4.78 is 0. The SMILES string of the molecule is CCC(CC)C(C)Nc1c(Cl)cc([N+](=O)[O-])cc1Cl. The predicted octanol–water partition coefficient (Wildman–Crippen LogP) is 5.14. The number of non-ortho nitro benzene ring substituents is 1. The molecule has 0 radical (unpaired) electrons. The zero-order chi connectivity index (χ0) is 14.6. The van der Waals surface area contributed by atoms with Gasteiger partial charge in [-0.05, 0) is 12.8 Å². The van der Waals surface area contributed by atoms with E-state index >= 15 is 0 Å². The maximum absolute atomic E-state index is 10.7. The van der Waals surface area contributed by atoms with E-state index in [1.807, 2.05) is 0 Å². The Kier molecular flexibility index (Phi) is 5.88. The highest BCUT2D eigenvalue weighted by Crippen LogP contribution is 2.35. The largest absolute Gasteiger partial charge is 0.380 e. The van der Waals surface area contributed by atoms with Crippen molar-refractivity contribution in [2.24, 2.45) is 5.92 Å². The van der Waals surface area contributed by atoms with E-state index in [2.05, 4.69) is 26.1 Å². The normalized spacial score (nSPS) is 12.5. The Morgan fingerprint density at radius 3 is 2.11 bits per heavy atom. The van der Waals surface area contributed by atoms with Crippen LogP contribution in [0.1, 0.15) is 33.6 Å². The molecule has 1 rings (SSSR count). The molecule has 0 amide bonds. The number of hydrogen-bond acceptors (Lipinski definition) is 3. The first-order valence-corrected chi connectivity index (χ1v) is 7.06. The Balaban J connectivity index is 2.99. The van der Waals surface area contributed by atoms with E-state index in [1.54, 1.807) is 0 Å². The second-order valence-corrected chi connectivity index (χ2v) is 5.37. The Bertz CT molecular complexity index is 439. The molecular weight excluding hydrogens is 287 g/mol. The summed E-state index contributed by atoms with van der Waals surface area (Å²) in [6, 6.07) is 2.83. The first-order chi connectivity index (χ1) is 8.90. The van der Waals surface area contributed by atoms with E-state index in [-0.39, 0.29) is 21.8 Å². The standard InChI is InChI=1S/C13H18Cl2N2O2/c1-4-9(5-2)8(3)16-13-11(14)6-10(17(18)19)7-12(13)15/h6-9,16H,4-5H2,1-3H3. The van der Waals surface area contributed by atoms with Crippen molar-refractivity contribution >= 4 is 34.6 Å². The summed E-state index contributed by atoms with van der Waals surface area (Å²) in [6.45, 7) is 6.32. The lowest BCUT2D eigenvalue weighted by molar-refractivity contribution is -0.384. The molecule has 4 nitrogen and oxygen atoms in total. The van der Waals surface area contributed by atoms with Gasteiger partial charge in [-0.3, -0.25) is 10.1 Å². The minimum atomic E-state index is -0.508. The van der Waals surface area contributed by atoms with Crippen LogP contribution in [-0.2, 0) is 0 Å². The number of nitrogens with one attached hydrogen (secondary N) is 1. The minimum Gasteiger partial charge on any atom is -0.380 e. The van der Waals surface area contributed by atoms with Gasteiger partial charge in [0.1, 0.15) is 0 Å². The molecule has 0 fully saturated rings. The minimum absolute atomic E-state index is 0.101. The monoisotopic (exact) mass is 304 g/mol. The molecule has 0 spiro atoms. The maximum Gasteiger partial charge on any atom is 0.272 e. The van der Waals surface area contributed by atoms with E-state index in [4.69, 9.17) is 23.2 Å². The summed E-state index contributed by atoms with van der Waals surface area (Å²) in [5.74, 6) is 0.502. The molecular formula is C13H18Cl2N2O2. The van der Waals surface area contributed by atoms with Gasteiger partial charge in [-0.1, -0.05) is 49.9 Å². The Hall–Kier alpha value is -1.00. The molecule has 0 saturated carbocycles. The lowest BCUT2D eigenvalue weighted by Crippen LogP contribution is -2.25. The van der Waals surface area contributed by atoms with Crippen molar-refractivity contribution in [1.82, 2.24) is 0 Å². The van der Waals surface area contributed by atoms with Crippen molar-refractivity contribution in [3.63, 3.8) is 0 Å². The fraction of sp³-hybridized carbons (Fsp3) is 0.538. The van der Waals surface area contributed by atoms with Gasteiger partial charge in [0.2, 0.25) is 0 Å². The Morgan fingerprint density at radius 1 is 1.26 bits per heavy atom. The van der Waals surface area contributed by atoms with E-state index in [0.29, 0.717) is 11.6 Å². The molecule has 0 saturated heterocycles. The van der Waals surface area contributed by atoms with Crippen molar-refractivity contribution in [3.05, 3.63) is 32.3 Å². The van der Waals surface area contributed by atoms with Crippen LogP contribution in [0.15, 0.2) is 12.1 Å². The number of nitro groups is 1. The molecule has 0 aliphatic carbocycles. The van der Waals surface area contributed by atoms with Gasteiger partial charge in [-0.25, -0.2) is 0 Å². The maximum atomic E-state index is 10.7. The van der Waals surface area contributed by atoms with E-state index < -0.39 is 4.92 Å². The Morgan fingerprint density at radius 2 is 1.74 bits per heavy atom. The molecule has 1 aromatic carbocycles. The number of nitro benzene ring substituents is 1. The molecule has 1 unspecified atom stereocenters. The van der Waals surface area contributed by atoms with Gasteiger partial charge in [-0.15, -0.1) is 0 Å². The topological polar surface area (TPSA) is 55.2 Å². The van der Waals surface area contributed by atoms with E-state index in [9.17, 15) is 10.1 Å². The molecule has 0 aliphatic rings. The van der Waals surface area contributed by atoms with E-state index in [1.165, 1.54) is 12.1 Å². The summed E-state index contributed by atoms with van der Waals surface area (Å²) in [4.78, 5) is 10.2. The first-order valence-electron chi connectivity index (χ1n) is 6.30. The number of anilines is 1. The van der Waals surface area contributed by atoms with Gasteiger partial charge in [0.25, 0.3) is 5.69 Å². The number of hydrogen-bond donors (Lipinski definition) is 1. The number of halogens is 2. The third kappa shape index (κ3) is 3.98. The van der Waals surface area contributed by atoms with Gasteiger partial charge in [0.05, 0.1) is 20.7 Å². The number of benzene rings is 1. The molecule has 0 aliphatic heterocycles. The van der Waals surface area contributed by atoms with Crippen LogP contribution < -0.4 is 5.32 Å². The van der Waals surface area contributed by atoms with Gasteiger partial charge in [0.15, 0.2) is 0 Å². The van der Waals surface area contributed by atoms with Crippen molar-refractivity contribution < 1.29 is 4.92 Å². The van der Waals surface area contributed by atoms with Gasteiger partial charge < -0.3 is 5.32 Å². The van der Waals surface area contributed by atoms with Crippen molar-refractivity contribution in [3.8, 4) is 0 Å². The Labute approximate surface area is 123 Å². The van der Waals surface area contributed by atoms with Gasteiger partial charge in [-0.2, -0.15) is 0 Å². The third-order valence-electron chi connectivity index (χ3n) is 3.37. The molecule has 0 aromatic heterocycles. The third-order valence-corrected chi connectivity index (χ3v) is 3.96. The smallest absolute Gasteiger partial charge is 0.272 e. The summed E-state index contributed by atoms with van der Waals surface area (Å²) >= 11 is 12.1. The fourth-order valence-corrected chi connectivity index (χ4v) is 2.73. The number of rotatable bonds is 6. The average molecular weight is 305 g/mol. The zero-order valence-corrected chi connectivity index (χ0v) is 12.8. The summed E-state index contributed by atoms with van der Waals surface area (Å²) in [6.07, 6.45) is 2.10. The molecule has 1 N–H and O–H groups in total. The second kappa shape index (κ2) is 6.96. The van der Waals surface area contributed by atoms with Crippen LogP contribution in [0, 0.1) is 16.0 Å². The summed E-state index contributed by atoms with van der Waals surface area (Å²) in [5, 5.41) is 14.5. The van der Waals surface area contributed by atoms with Crippen LogP contribution in [0.2, 0.25) is 10.0 Å². The fourth-order valence-electron chi connectivity index (χ4n) is 2.14. The molecule has 19 heavy (non-hydrogen) atoms. The van der Waals surface area contributed by atoms with Crippen molar-refractivity contribution in [2.45, 2.75) is 39.7 Å². The lowest BCUT2D eigenvalue weighted by atomic mass is 9.95. The molecule has 0 heterocycles. The highest BCUT2D eigenvalue weighted by Gasteiger charge is 2.19. The summed E-state index contributed by atoms with van der Waals surface area (Å²) in [7, 11) is 0. The number of nitrogens with zero attached hydrogens (tertiary/aromatic N) is 1. The van der Waals surface area contributed by atoms with Crippen LogP contribution in [0.25, 0.3) is 0 Å². The van der Waals surface area contributed by atoms with E-state index in [0.717, 1.165) is 12.8 Å².